The first-order chi connectivity index (χ1) is 8.08. The van der Waals surface area contributed by atoms with Crippen LogP contribution in [0.4, 0.5) is 0 Å². The van der Waals surface area contributed by atoms with Gasteiger partial charge in [-0.1, -0.05) is 23.7 Å². The third-order valence-corrected chi connectivity index (χ3v) is 5.08. The van der Waals surface area contributed by atoms with E-state index in [2.05, 4.69) is 27.4 Å². The van der Waals surface area contributed by atoms with Gasteiger partial charge < -0.3 is 5.73 Å². The van der Waals surface area contributed by atoms with Gasteiger partial charge in [-0.3, -0.25) is 0 Å². The third kappa shape index (κ3) is 3.10. The highest BCUT2D eigenvalue weighted by molar-refractivity contribution is 9.10. The van der Waals surface area contributed by atoms with Crippen LogP contribution >= 0.6 is 38.9 Å². The Labute approximate surface area is 119 Å². The van der Waals surface area contributed by atoms with Crippen LogP contribution in [0.2, 0.25) is 5.02 Å². The van der Waals surface area contributed by atoms with Crippen LogP contribution in [-0.4, -0.2) is 0 Å². The van der Waals surface area contributed by atoms with E-state index in [1.807, 2.05) is 25.1 Å². The number of thiophene rings is 1. The summed E-state index contributed by atoms with van der Waals surface area (Å²) in [5.41, 5.74) is 8.37. The molecule has 0 radical (unpaired) electrons. The van der Waals surface area contributed by atoms with Crippen molar-refractivity contribution < 1.29 is 0 Å². The molecule has 0 aliphatic heterocycles. The highest BCUT2D eigenvalue weighted by atomic mass is 79.9. The van der Waals surface area contributed by atoms with Crippen LogP contribution < -0.4 is 5.73 Å². The number of halogens is 2. The normalized spacial score (nSPS) is 12.7. The second kappa shape index (κ2) is 5.53. The van der Waals surface area contributed by atoms with E-state index in [0.29, 0.717) is 0 Å². The van der Waals surface area contributed by atoms with Crippen molar-refractivity contribution in [1.82, 2.24) is 0 Å². The minimum atomic E-state index is -0.0111. The molecule has 1 aromatic carbocycles. The zero-order chi connectivity index (χ0) is 12.4. The fourth-order valence-corrected chi connectivity index (χ4v) is 3.39. The molecular formula is C13H13BrClNS. The minimum absolute atomic E-state index is 0.0111. The maximum absolute atomic E-state index is 6.20. The van der Waals surface area contributed by atoms with E-state index in [9.17, 15) is 0 Å². The van der Waals surface area contributed by atoms with Crippen molar-refractivity contribution in [2.75, 3.05) is 0 Å². The first kappa shape index (κ1) is 13.1. The molecule has 0 saturated carbocycles. The van der Waals surface area contributed by atoms with E-state index in [4.69, 9.17) is 17.3 Å². The lowest BCUT2D eigenvalue weighted by molar-refractivity contribution is 0.728. The van der Waals surface area contributed by atoms with E-state index in [-0.39, 0.29) is 6.04 Å². The summed E-state index contributed by atoms with van der Waals surface area (Å²) in [6, 6.07) is 8.06. The standard InChI is InChI=1S/C13H13BrClNS/c1-8-2-3-9(6-11(8)15)12(16)7-13-10(14)4-5-17-13/h2-6,12H,7,16H2,1H3. The molecule has 1 heterocycles. The zero-order valence-electron chi connectivity index (χ0n) is 9.41. The minimum Gasteiger partial charge on any atom is -0.324 e. The molecule has 90 valence electrons. The van der Waals surface area contributed by atoms with Crippen LogP contribution in [0.1, 0.15) is 22.0 Å². The van der Waals surface area contributed by atoms with Gasteiger partial charge in [0.25, 0.3) is 0 Å². The molecule has 0 aliphatic rings. The monoisotopic (exact) mass is 329 g/mol. The summed E-state index contributed by atoms with van der Waals surface area (Å²) in [5.74, 6) is 0. The number of benzene rings is 1. The molecule has 1 unspecified atom stereocenters. The van der Waals surface area contributed by atoms with Gasteiger partial charge in [0.05, 0.1) is 0 Å². The van der Waals surface area contributed by atoms with Crippen molar-refractivity contribution in [2.45, 2.75) is 19.4 Å². The smallest absolute Gasteiger partial charge is 0.0438 e. The highest BCUT2D eigenvalue weighted by Crippen LogP contribution is 2.28. The van der Waals surface area contributed by atoms with Gasteiger partial charge in [0.1, 0.15) is 0 Å². The summed E-state index contributed by atoms with van der Waals surface area (Å²) < 4.78 is 1.14. The predicted octanol–water partition coefficient (Wildman–Crippen LogP) is 4.71. The van der Waals surface area contributed by atoms with E-state index < -0.39 is 0 Å². The summed E-state index contributed by atoms with van der Waals surface area (Å²) in [6.45, 7) is 1.99. The second-order valence-corrected chi connectivity index (χ2v) is 6.27. The number of rotatable bonds is 3. The van der Waals surface area contributed by atoms with Crippen LogP contribution in [0.3, 0.4) is 0 Å². The molecule has 0 fully saturated rings. The molecule has 0 spiro atoms. The van der Waals surface area contributed by atoms with Gasteiger partial charge in [-0.05, 0) is 51.5 Å². The molecule has 2 rings (SSSR count). The Hall–Kier alpha value is -0.350. The summed E-state index contributed by atoms with van der Waals surface area (Å²) in [5, 5.41) is 2.84. The van der Waals surface area contributed by atoms with Crippen molar-refractivity contribution in [3.05, 3.63) is 55.1 Å². The second-order valence-electron chi connectivity index (χ2n) is 4.01. The van der Waals surface area contributed by atoms with E-state index >= 15 is 0 Å². The Kier molecular flexibility index (Phi) is 4.26. The van der Waals surface area contributed by atoms with Crippen LogP contribution in [0.15, 0.2) is 34.1 Å². The summed E-state index contributed by atoms with van der Waals surface area (Å²) >= 11 is 11.4. The maximum Gasteiger partial charge on any atom is 0.0438 e. The average Bonchev–Trinajstić information content (AvgIpc) is 2.68. The molecule has 2 aromatic rings. The van der Waals surface area contributed by atoms with Gasteiger partial charge in [-0.2, -0.15) is 0 Å². The molecule has 0 bridgehead atoms. The molecule has 1 nitrogen and oxygen atoms in total. The first-order valence-corrected chi connectivity index (χ1v) is 7.36. The lowest BCUT2D eigenvalue weighted by atomic mass is 10.0. The van der Waals surface area contributed by atoms with E-state index in [1.165, 1.54) is 4.88 Å². The number of aryl methyl sites for hydroxylation is 1. The van der Waals surface area contributed by atoms with Crippen LogP contribution in [-0.2, 0) is 6.42 Å². The van der Waals surface area contributed by atoms with Crippen LogP contribution in [0, 0.1) is 6.92 Å². The Bertz CT molecular complexity index is 524. The molecule has 0 amide bonds. The van der Waals surface area contributed by atoms with Gasteiger partial charge >= 0.3 is 0 Å². The first-order valence-electron chi connectivity index (χ1n) is 5.31. The Morgan fingerprint density at radius 1 is 1.41 bits per heavy atom. The molecule has 4 heteroatoms. The topological polar surface area (TPSA) is 26.0 Å². The SMILES string of the molecule is Cc1ccc(C(N)Cc2sccc2Br)cc1Cl. The zero-order valence-corrected chi connectivity index (χ0v) is 12.6. The Morgan fingerprint density at radius 2 is 2.18 bits per heavy atom. The average molecular weight is 331 g/mol. The summed E-state index contributed by atoms with van der Waals surface area (Å²) in [7, 11) is 0. The fourth-order valence-electron chi connectivity index (χ4n) is 1.63. The van der Waals surface area contributed by atoms with Gasteiger partial charge in [0, 0.05) is 26.8 Å². The van der Waals surface area contributed by atoms with E-state index in [1.54, 1.807) is 11.3 Å². The largest absolute Gasteiger partial charge is 0.324 e. The fraction of sp³-hybridized carbons (Fsp3) is 0.231. The van der Waals surface area contributed by atoms with Crippen LogP contribution in [0.5, 0.6) is 0 Å². The van der Waals surface area contributed by atoms with Crippen molar-refractivity contribution in [3.8, 4) is 0 Å². The molecule has 1 atom stereocenters. The van der Waals surface area contributed by atoms with Crippen molar-refractivity contribution in [1.29, 1.82) is 0 Å². The Morgan fingerprint density at radius 3 is 2.76 bits per heavy atom. The van der Waals surface area contributed by atoms with Crippen molar-refractivity contribution in [2.24, 2.45) is 5.73 Å². The third-order valence-electron chi connectivity index (χ3n) is 2.72. The summed E-state index contributed by atoms with van der Waals surface area (Å²) in [6.07, 6.45) is 0.831. The molecule has 0 saturated heterocycles. The number of hydrogen-bond donors (Lipinski definition) is 1. The summed E-state index contributed by atoms with van der Waals surface area (Å²) in [4.78, 5) is 1.27. The van der Waals surface area contributed by atoms with Gasteiger partial charge in [-0.15, -0.1) is 11.3 Å². The van der Waals surface area contributed by atoms with Crippen molar-refractivity contribution in [3.63, 3.8) is 0 Å². The molecular weight excluding hydrogens is 318 g/mol. The quantitative estimate of drug-likeness (QED) is 0.866. The molecule has 2 N–H and O–H groups in total. The lowest BCUT2D eigenvalue weighted by Crippen LogP contribution is -2.12. The van der Waals surface area contributed by atoms with Gasteiger partial charge in [0.2, 0.25) is 0 Å². The highest BCUT2D eigenvalue weighted by Gasteiger charge is 2.11. The number of nitrogens with two attached hydrogens (primary N) is 1. The maximum atomic E-state index is 6.20. The number of hydrogen-bond acceptors (Lipinski definition) is 2. The predicted molar refractivity (Wildman–Crippen MR) is 78.8 cm³/mol. The molecule has 17 heavy (non-hydrogen) atoms. The van der Waals surface area contributed by atoms with Gasteiger partial charge in [-0.25, -0.2) is 0 Å². The van der Waals surface area contributed by atoms with E-state index in [0.717, 1.165) is 27.0 Å². The lowest BCUT2D eigenvalue weighted by Gasteiger charge is -2.12. The molecule has 1 aromatic heterocycles. The van der Waals surface area contributed by atoms with Crippen LogP contribution in [0.25, 0.3) is 0 Å². The molecule has 0 aliphatic carbocycles. The Balaban J connectivity index is 2.17. The van der Waals surface area contributed by atoms with Crippen molar-refractivity contribution >= 4 is 38.9 Å². The van der Waals surface area contributed by atoms with Gasteiger partial charge in [0.15, 0.2) is 0 Å².